The Labute approximate surface area is 199 Å². The van der Waals surface area contributed by atoms with E-state index in [-0.39, 0.29) is 6.79 Å². The molecule has 0 amide bonds. The minimum Gasteiger partial charge on any atom is -0.454 e. The zero-order chi connectivity index (χ0) is 23.2. The fourth-order valence-electron chi connectivity index (χ4n) is 4.91. The van der Waals surface area contributed by atoms with Gasteiger partial charge in [-0.15, -0.1) is 0 Å². The third-order valence-corrected chi connectivity index (χ3v) is 6.48. The molecule has 2 bridgehead atoms. The quantitative estimate of drug-likeness (QED) is 0.320. The fraction of sp³-hybridized carbons (Fsp3) is 0.609. The van der Waals surface area contributed by atoms with Crippen LogP contribution in [-0.2, 0) is 9.47 Å². The van der Waals surface area contributed by atoms with E-state index in [1.54, 1.807) is 0 Å². The predicted molar refractivity (Wildman–Crippen MR) is 128 cm³/mol. The van der Waals surface area contributed by atoms with Gasteiger partial charge in [0.25, 0.3) is 0 Å². The van der Waals surface area contributed by atoms with Gasteiger partial charge in [-0.1, -0.05) is 6.42 Å². The lowest BCUT2D eigenvalue weighted by atomic mass is 9.95. The van der Waals surface area contributed by atoms with Crippen molar-refractivity contribution >= 4 is 23.5 Å². The lowest BCUT2D eigenvalue weighted by Crippen LogP contribution is -2.27. The van der Waals surface area contributed by atoms with E-state index in [1.165, 1.54) is 25.7 Å². The van der Waals surface area contributed by atoms with Gasteiger partial charge in [0.05, 0.1) is 26.4 Å². The molecule has 2 heterocycles. The highest BCUT2D eigenvalue weighted by molar-refractivity contribution is 5.61. The van der Waals surface area contributed by atoms with Crippen LogP contribution in [0.15, 0.2) is 18.2 Å². The maximum atomic E-state index is 5.59. The SMILES string of the molecule is NCCOCCOCCNc1nc(Nc2ccc3c(c2)OCO3)nc(NC2CC3CCC2C3)n1. The average molecular weight is 472 g/mol. The second-order valence-corrected chi connectivity index (χ2v) is 8.87. The minimum atomic E-state index is 0.234. The lowest BCUT2D eigenvalue weighted by Gasteiger charge is -2.23. The van der Waals surface area contributed by atoms with Crippen LogP contribution in [0.4, 0.5) is 23.5 Å². The average Bonchev–Trinajstić information content (AvgIpc) is 3.58. The highest BCUT2D eigenvalue weighted by atomic mass is 16.7. The van der Waals surface area contributed by atoms with Crippen LogP contribution < -0.4 is 31.2 Å². The molecule has 184 valence electrons. The molecule has 0 spiro atoms. The highest BCUT2D eigenvalue weighted by Gasteiger charge is 2.39. The van der Waals surface area contributed by atoms with Crippen molar-refractivity contribution in [2.75, 3.05) is 62.3 Å². The van der Waals surface area contributed by atoms with Crippen molar-refractivity contribution in [2.24, 2.45) is 17.6 Å². The fourth-order valence-corrected chi connectivity index (χ4v) is 4.91. The Kier molecular flexibility index (Phi) is 7.42. The van der Waals surface area contributed by atoms with E-state index in [4.69, 9.17) is 24.7 Å². The zero-order valence-corrected chi connectivity index (χ0v) is 19.3. The summed E-state index contributed by atoms with van der Waals surface area (Å²) in [5, 5.41) is 10.1. The molecule has 11 heteroatoms. The predicted octanol–water partition coefficient (Wildman–Crippen LogP) is 2.35. The number of fused-ring (bicyclic) bond motifs is 3. The van der Waals surface area contributed by atoms with Crippen molar-refractivity contribution < 1.29 is 18.9 Å². The van der Waals surface area contributed by atoms with Gasteiger partial charge in [0, 0.05) is 30.9 Å². The lowest BCUT2D eigenvalue weighted by molar-refractivity contribution is 0.0547. The van der Waals surface area contributed by atoms with Gasteiger partial charge >= 0.3 is 0 Å². The van der Waals surface area contributed by atoms with Gasteiger partial charge in [-0.05, 0) is 43.2 Å². The maximum Gasteiger partial charge on any atom is 0.233 e. The number of aromatic nitrogens is 3. The summed E-state index contributed by atoms with van der Waals surface area (Å²) in [5.41, 5.74) is 6.22. The van der Waals surface area contributed by atoms with Gasteiger partial charge in [0.2, 0.25) is 24.6 Å². The molecule has 2 fully saturated rings. The molecule has 0 radical (unpaired) electrons. The molecule has 1 aromatic carbocycles. The number of rotatable bonds is 13. The molecule has 3 unspecified atom stereocenters. The Morgan fingerprint density at radius 3 is 2.56 bits per heavy atom. The number of ether oxygens (including phenoxy) is 4. The molecule has 34 heavy (non-hydrogen) atoms. The molecule has 1 aliphatic heterocycles. The summed E-state index contributed by atoms with van der Waals surface area (Å²) in [6.45, 7) is 3.43. The van der Waals surface area contributed by atoms with Gasteiger partial charge in [-0.3, -0.25) is 0 Å². The van der Waals surface area contributed by atoms with E-state index in [0.29, 0.717) is 75.1 Å². The van der Waals surface area contributed by atoms with Crippen LogP contribution >= 0.6 is 0 Å². The maximum absolute atomic E-state index is 5.59. The van der Waals surface area contributed by atoms with Gasteiger partial charge < -0.3 is 40.6 Å². The monoisotopic (exact) mass is 471 g/mol. The number of hydrogen-bond acceptors (Lipinski definition) is 11. The van der Waals surface area contributed by atoms with Crippen molar-refractivity contribution in [1.82, 2.24) is 15.0 Å². The molecule has 5 N–H and O–H groups in total. The Morgan fingerprint density at radius 2 is 1.74 bits per heavy atom. The first kappa shape index (κ1) is 22.9. The first-order chi connectivity index (χ1) is 16.8. The van der Waals surface area contributed by atoms with E-state index in [0.717, 1.165) is 17.4 Å². The molecular weight excluding hydrogens is 438 g/mol. The van der Waals surface area contributed by atoms with Crippen LogP contribution in [0.1, 0.15) is 25.7 Å². The summed E-state index contributed by atoms with van der Waals surface area (Å²) >= 11 is 0. The molecular formula is C23H33N7O4. The molecule has 0 saturated heterocycles. The van der Waals surface area contributed by atoms with Crippen molar-refractivity contribution in [3.05, 3.63) is 18.2 Å². The van der Waals surface area contributed by atoms with E-state index >= 15 is 0 Å². The van der Waals surface area contributed by atoms with E-state index in [2.05, 4.69) is 30.9 Å². The van der Waals surface area contributed by atoms with Gasteiger partial charge in [-0.25, -0.2) is 0 Å². The van der Waals surface area contributed by atoms with Gasteiger partial charge in [-0.2, -0.15) is 15.0 Å². The number of nitrogens with zero attached hydrogens (tertiary/aromatic N) is 3. The summed E-state index contributed by atoms with van der Waals surface area (Å²) in [5.74, 6) is 4.50. The third-order valence-electron chi connectivity index (χ3n) is 6.48. The first-order valence-electron chi connectivity index (χ1n) is 12.1. The van der Waals surface area contributed by atoms with Crippen molar-refractivity contribution in [3.8, 4) is 11.5 Å². The van der Waals surface area contributed by atoms with Crippen molar-refractivity contribution in [3.63, 3.8) is 0 Å². The summed E-state index contributed by atoms with van der Waals surface area (Å²) < 4.78 is 21.8. The molecule has 2 aliphatic carbocycles. The van der Waals surface area contributed by atoms with Crippen molar-refractivity contribution in [2.45, 2.75) is 31.7 Å². The van der Waals surface area contributed by atoms with E-state index in [9.17, 15) is 0 Å². The Hall–Kier alpha value is -2.89. The molecule has 3 aliphatic rings. The number of hydrogen-bond donors (Lipinski definition) is 4. The molecule has 1 aromatic heterocycles. The van der Waals surface area contributed by atoms with Crippen LogP contribution in [-0.4, -0.2) is 67.3 Å². The summed E-state index contributed by atoms with van der Waals surface area (Å²) in [6, 6.07) is 6.08. The topological polar surface area (TPSA) is 138 Å². The summed E-state index contributed by atoms with van der Waals surface area (Å²) in [7, 11) is 0. The molecule has 2 saturated carbocycles. The molecule has 3 atom stereocenters. The largest absolute Gasteiger partial charge is 0.454 e. The van der Waals surface area contributed by atoms with E-state index in [1.807, 2.05) is 18.2 Å². The van der Waals surface area contributed by atoms with Gasteiger partial charge in [0.1, 0.15) is 0 Å². The number of nitrogens with two attached hydrogens (primary N) is 1. The summed E-state index contributed by atoms with van der Waals surface area (Å²) in [4.78, 5) is 13.8. The molecule has 5 rings (SSSR count). The number of anilines is 4. The second kappa shape index (κ2) is 11.0. The van der Waals surface area contributed by atoms with Crippen LogP contribution in [0.3, 0.4) is 0 Å². The number of benzene rings is 1. The van der Waals surface area contributed by atoms with Crippen LogP contribution in [0.2, 0.25) is 0 Å². The van der Waals surface area contributed by atoms with Crippen LogP contribution in [0.5, 0.6) is 11.5 Å². The molecule has 11 nitrogen and oxygen atoms in total. The summed E-state index contributed by atoms with van der Waals surface area (Å²) in [6.07, 6.45) is 5.13. The van der Waals surface area contributed by atoms with Crippen molar-refractivity contribution in [1.29, 1.82) is 0 Å². The highest BCUT2D eigenvalue weighted by Crippen LogP contribution is 2.45. The smallest absolute Gasteiger partial charge is 0.233 e. The Bertz CT molecular complexity index is 963. The second-order valence-electron chi connectivity index (χ2n) is 8.87. The number of nitrogens with one attached hydrogen (secondary N) is 3. The van der Waals surface area contributed by atoms with Crippen LogP contribution in [0, 0.1) is 11.8 Å². The zero-order valence-electron chi connectivity index (χ0n) is 19.3. The van der Waals surface area contributed by atoms with E-state index < -0.39 is 0 Å². The first-order valence-corrected chi connectivity index (χ1v) is 12.1. The Balaban J connectivity index is 1.22. The Morgan fingerprint density at radius 1 is 0.912 bits per heavy atom. The normalized spacial score (nSPS) is 22.2. The van der Waals surface area contributed by atoms with Gasteiger partial charge in [0.15, 0.2) is 11.5 Å². The molecule has 2 aromatic rings. The van der Waals surface area contributed by atoms with Crippen LogP contribution in [0.25, 0.3) is 0 Å². The standard InChI is InChI=1S/C23H33N7O4/c24-5-7-31-9-10-32-8-6-25-21-28-22(26-17-3-4-19-20(13-17)34-14-33-19)30-23(29-21)27-18-12-15-1-2-16(18)11-15/h3-4,13,15-16,18H,1-2,5-12,14,24H2,(H3,25,26,27,28,29,30). The third kappa shape index (κ3) is 5.78. The minimum absolute atomic E-state index is 0.234.